The van der Waals surface area contributed by atoms with E-state index in [-0.39, 0.29) is 24.4 Å². The SMILES string of the molecule is Cl.O=C(Nc1ccc(CCCc2ccccc2)cc1)C1CC(O)CN1. The second kappa shape index (κ2) is 9.56. The molecule has 5 heteroatoms. The first-order valence-corrected chi connectivity index (χ1v) is 8.56. The van der Waals surface area contributed by atoms with E-state index in [1.54, 1.807) is 0 Å². The first-order valence-electron chi connectivity index (χ1n) is 8.56. The normalized spacial score (nSPS) is 19.2. The van der Waals surface area contributed by atoms with E-state index in [0.717, 1.165) is 24.9 Å². The number of nitrogens with one attached hydrogen (secondary N) is 2. The lowest BCUT2D eigenvalue weighted by Crippen LogP contribution is -2.35. The third-order valence-corrected chi connectivity index (χ3v) is 4.42. The minimum absolute atomic E-state index is 0. The molecule has 2 unspecified atom stereocenters. The van der Waals surface area contributed by atoms with E-state index in [1.807, 2.05) is 18.2 Å². The van der Waals surface area contributed by atoms with Crippen molar-refractivity contribution in [3.63, 3.8) is 0 Å². The smallest absolute Gasteiger partial charge is 0.241 e. The minimum atomic E-state index is -0.423. The zero-order chi connectivity index (χ0) is 16.8. The molecule has 0 saturated carbocycles. The fourth-order valence-electron chi connectivity index (χ4n) is 3.04. The fourth-order valence-corrected chi connectivity index (χ4v) is 3.04. The average Bonchev–Trinajstić information content (AvgIpc) is 3.04. The third kappa shape index (κ3) is 5.85. The standard InChI is InChI=1S/C20H24N2O2.ClH/c23-18-13-19(21-14-18)20(24)22-17-11-9-16(10-12-17)8-4-7-15-5-2-1-3-6-15;/h1-3,5-6,9-12,18-19,21,23H,4,7-8,13-14H2,(H,22,24);1H. The van der Waals surface area contributed by atoms with Gasteiger partial charge in [0.2, 0.25) is 5.91 Å². The van der Waals surface area contributed by atoms with E-state index in [2.05, 4.69) is 47.0 Å². The molecule has 1 aliphatic rings. The van der Waals surface area contributed by atoms with E-state index >= 15 is 0 Å². The van der Waals surface area contributed by atoms with Gasteiger partial charge < -0.3 is 15.7 Å². The van der Waals surface area contributed by atoms with Gasteiger partial charge in [0.25, 0.3) is 0 Å². The number of carbonyl (C=O) groups is 1. The Labute approximate surface area is 155 Å². The highest BCUT2D eigenvalue weighted by molar-refractivity contribution is 5.95. The van der Waals surface area contributed by atoms with Crippen molar-refractivity contribution >= 4 is 24.0 Å². The molecule has 1 fully saturated rings. The molecule has 1 saturated heterocycles. The van der Waals surface area contributed by atoms with Crippen LogP contribution in [0.25, 0.3) is 0 Å². The maximum Gasteiger partial charge on any atom is 0.241 e. The Morgan fingerprint density at radius 3 is 2.28 bits per heavy atom. The summed E-state index contributed by atoms with van der Waals surface area (Å²) in [6.07, 6.45) is 3.27. The van der Waals surface area contributed by atoms with E-state index in [1.165, 1.54) is 11.1 Å². The Balaban J connectivity index is 0.00000225. The summed E-state index contributed by atoms with van der Waals surface area (Å²) in [5, 5.41) is 15.4. The number of aliphatic hydroxyl groups is 1. The van der Waals surface area contributed by atoms with Crippen LogP contribution in [0.15, 0.2) is 54.6 Å². The summed E-state index contributed by atoms with van der Waals surface area (Å²) in [5.41, 5.74) is 3.45. The number of halogens is 1. The molecular formula is C20H25ClN2O2. The first-order chi connectivity index (χ1) is 11.7. The molecule has 0 bridgehead atoms. The second-order valence-electron chi connectivity index (χ2n) is 6.38. The molecule has 0 radical (unpaired) electrons. The number of hydrogen-bond acceptors (Lipinski definition) is 3. The van der Waals surface area contributed by atoms with Gasteiger partial charge in [-0.15, -0.1) is 12.4 Å². The zero-order valence-electron chi connectivity index (χ0n) is 14.2. The Morgan fingerprint density at radius 2 is 1.68 bits per heavy atom. The molecule has 2 aromatic carbocycles. The Kier molecular flexibility index (Phi) is 7.44. The van der Waals surface area contributed by atoms with Crippen LogP contribution in [-0.4, -0.2) is 29.7 Å². The topological polar surface area (TPSA) is 61.4 Å². The maximum atomic E-state index is 12.1. The molecule has 2 aromatic rings. The fraction of sp³-hybridized carbons (Fsp3) is 0.350. The molecule has 0 aromatic heterocycles. The summed E-state index contributed by atoms with van der Waals surface area (Å²) in [7, 11) is 0. The van der Waals surface area contributed by atoms with Crippen molar-refractivity contribution in [1.29, 1.82) is 0 Å². The van der Waals surface area contributed by atoms with Crippen LogP contribution >= 0.6 is 12.4 Å². The highest BCUT2D eigenvalue weighted by Crippen LogP contribution is 2.14. The molecule has 2 atom stereocenters. The first kappa shape index (κ1) is 19.4. The van der Waals surface area contributed by atoms with E-state index < -0.39 is 6.10 Å². The van der Waals surface area contributed by atoms with Crippen molar-refractivity contribution in [2.24, 2.45) is 0 Å². The van der Waals surface area contributed by atoms with E-state index in [0.29, 0.717) is 13.0 Å². The molecular weight excluding hydrogens is 336 g/mol. The number of aliphatic hydroxyl groups excluding tert-OH is 1. The second-order valence-corrected chi connectivity index (χ2v) is 6.38. The lowest BCUT2D eigenvalue weighted by atomic mass is 10.0. The van der Waals surface area contributed by atoms with Gasteiger partial charge in [0.05, 0.1) is 12.1 Å². The molecule has 0 aliphatic carbocycles. The number of aryl methyl sites for hydroxylation is 2. The minimum Gasteiger partial charge on any atom is -0.392 e. The van der Waals surface area contributed by atoms with Crippen molar-refractivity contribution in [3.8, 4) is 0 Å². The number of β-amino-alcohol motifs (C(OH)–C–C–N with tert-alkyl or cyclic N) is 1. The number of carbonyl (C=O) groups excluding carboxylic acids is 1. The summed E-state index contributed by atoms with van der Waals surface area (Å²) in [6, 6.07) is 18.2. The van der Waals surface area contributed by atoms with E-state index in [9.17, 15) is 9.90 Å². The van der Waals surface area contributed by atoms with Crippen LogP contribution in [0.5, 0.6) is 0 Å². The number of anilines is 1. The molecule has 3 N–H and O–H groups in total. The summed E-state index contributed by atoms with van der Waals surface area (Å²) >= 11 is 0. The molecule has 4 nitrogen and oxygen atoms in total. The third-order valence-electron chi connectivity index (χ3n) is 4.42. The zero-order valence-corrected chi connectivity index (χ0v) is 15.0. The van der Waals surface area contributed by atoms with Crippen LogP contribution in [0.3, 0.4) is 0 Å². The number of benzene rings is 2. The predicted octanol–water partition coefficient (Wildman–Crippen LogP) is 2.95. The van der Waals surface area contributed by atoms with Crippen molar-refractivity contribution < 1.29 is 9.90 Å². The van der Waals surface area contributed by atoms with Crippen molar-refractivity contribution in [3.05, 3.63) is 65.7 Å². The summed E-state index contributed by atoms with van der Waals surface area (Å²) in [6.45, 7) is 0.485. The van der Waals surface area contributed by atoms with Crippen LogP contribution in [0.2, 0.25) is 0 Å². The highest BCUT2D eigenvalue weighted by Gasteiger charge is 2.27. The lowest BCUT2D eigenvalue weighted by Gasteiger charge is -2.11. The van der Waals surface area contributed by atoms with Crippen molar-refractivity contribution in [1.82, 2.24) is 5.32 Å². The van der Waals surface area contributed by atoms with Crippen LogP contribution in [0, 0.1) is 0 Å². The van der Waals surface area contributed by atoms with E-state index in [4.69, 9.17) is 0 Å². The van der Waals surface area contributed by atoms with Crippen LogP contribution in [0.1, 0.15) is 24.0 Å². The number of amides is 1. The van der Waals surface area contributed by atoms with Crippen LogP contribution < -0.4 is 10.6 Å². The quantitative estimate of drug-likeness (QED) is 0.742. The summed E-state index contributed by atoms with van der Waals surface area (Å²) in [4.78, 5) is 12.1. The van der Waals surface area contributed by atoms with Gasteiger partial charge in [-0.05, 0) is 48.9 Å². The molecule has 0 spiro atoms. The number of rotatable bonds is 6. The molecule has 25 heavy (non-hydrogen) atoms. The molecule has 1 amide bonds. The predicted molar refractivity (Wildman–Crippen MR) is 103 cm³/mol. The monoisotopic (exact) mass is 360 g/mol. The van der Waals surface area contributed by atoms with Gasteiger partial charge in [-0.25, -0.2) is 0 Å². The lowest BCUT2D eigenvalue weighted by molar-refractivity contribution is -0.117. The largest absolute Gasteiger partial charge is 0.392 e. The van der Waals surface area contributed by atoms with Crippen LogP contribution in [0.4, 0.5) is 5.69 Å². The van der Waals surface area contributed by atoms with Gasteiger partial charge >= 0.3 is 0 Å². The highest BCUT2D eigenvalue weighted by atomic mass is 35.5. The van der Waals surface area contributed by atoms with Gasteiger partial charge in [0, 0.05) is 12.2 Å². The summed E-state index contributed by atoms with van der Waals surface area (Å²) < 4.78 is 0. The summed E-state index contributed by atoms with van der Waals surface area (Å²) in [5.74, 6) is -0.0802. The van der Waals surface area contributed by atoms with Gasteiger partial charge in [-0.1, -0.05) is 42.5 Å². The van der Waals surface area contributed by atoms with Crippen molar-refractivity contribution in [2.75, 3.05) is 11.9 Å². The maximum absolute atomic E-state index is 12.1. The van der Waals surface area contributed by atoms with Gasteiger partial charge in [-0.2, -0.15) is 0 Å². The Bertz CT molecular complexity index is 661. The molecule has 3 rings (SSSR count). The average molecular weight is 361 g/mol. The Hall–Kier alpha value is -1.88. The van der Waals surface area contributed by atoms with Gasteiger partial charge in [0.15, 0.2) is 0 Å². The van der Waals surface area contributed by atoms with Gasteiger partial charge in [-0.3, -0.25) is 4.79 Å². The van der Waals surface area contributed by atoms with Crippen LogP contribution in [-0.2, 0) is 17.6 Å². The molecule has 1 heterocycles. The van der Waals surface area contributed by atoms with Crippen molar-refractivity contribution in [2.45, 2.75) is 37.8 Å². The molecule has 134 valence electrons. The Morgan fingerprint density at radius 1 is 1.04 bits per heavy atom. The number of hydrogen-bond donors (Lipinski definition) is 3. The molecule has 1 aliphatic heterocycles. The van der Waals surface area contributed by atoms with Gasteiger partial charge in [0.1, 0.15) is 0 Å².